The fourth-order valence-electron chi connectivity index (χ4n) is 3.12. The van der Waals surface area contributed by atoms with E-state index in [-0.39, 0.29) is 23.5 Å². The molecule has 1 unspecified atom stereocenters. The Morgan fingerprint density at radius 2 is 2.12 bits per heavy atom. The molecule has 0 radical (unpaired) electrons. The second-order valence-electron chi connectivity index (χ2n) is 6.25. The summed E-state index contributed by atoms with van der Waals surface area (Å²) in [7, 11) is -2.98. The molecule has 0 aliphatic carbocycles. The minimum Gasteiger partial charge on any atom is -0.353 e. The first-order valence-electron chi connectivity index (χ1n) is 8.60. The second-order valence-corrected chi connectivity index (χ2v) is 8.48. The van der Waals surface area contributed by atoms with Gasteiger partial charge in [0, 0.05) is 30.5 Å². The SMILES string of the molecule is CCN(c1cc(C(=O)NCc2ccccn2)ccn1)C1CCS(=O)(=O)C1. The van der Waals surface area contributed by atoms with Gasteiger partial charge in [-0.3, -0.25) is 9.78 Å². The number of carbonyl (C=O) groups is 1. The van der Waals surface area contributed by atoms with Gasteiger partial charge in [-0.25, -0.2) is 13.4 Å². The van der Waals surface area contributed by atoms with Crippen molar-refractivity contribution in [1.29, 1.82) is 0 Å². The van der Waals surface area contributed by atoms with Crippen molar-refractivity contribution in [3.05, 3.63) is 54.0 Å². The summed E-state index contributed by atoms with van der Waals surface area (Å²) >= 11 is 0. The van der Waals surface area contributed by atoms with Gasteiger partial charge < -0.3 is 10.2 Å². The molecule has 3 rings (SSSR count). The van der Waals surface area contributed by atoms with Crippen molar-refractivity contribution in [3.8, 4) is 0 Å². The molecule has 1 fully saturated rings. The maximum absolute atomic E-state index is 12.4. The van der Waals surface area contributed by atoms with Crippen molar-refractivity contribution in [2.24, 2.45) is 0 Å². The van der Waals surface area contributed by atoms with Crippen LogP contribution in [0.15, 0.2) is 42.7 Å². The molecular weight excluding hydrogens is 352 g/mol. The van der Waals surface area contributed by atoms with Gasteiger partial charge in [0.05, 0.1) is 23.7 Å². The van der Waals surface area contributed by atoms with Crippen molar-refractivity contribution in [3.63, 3.8) is 0 Å². The minimum atomic E-state index is -2.98. The maximum Gasteiger partial charge on any atom is 0.251 e. The number of nitrogens with zero attached hydrogens (tertiary/aromatic N) is 3. The predicted octanol–water partition coefficient (Wildman–Crippen LogP) is 1.42. The number of carbonyl (C=O) groups excluding carboxylic acids is 1. The smallest absolute Gasteiger partial charge is 0.251 e. The quantitative estimate of drug-likeness (QED) is 0.822. The number of hydrogen-bond acceptors (Lipinski definition) is 6. The highest BCUT2D eigenvalue weighted by molar-refractivity contribution is 7.91. The zero-order chi connectivity index (χ0) is 18.6. The van der Waals surface area contributed by atoms with E-state index in [0.29, 0.717) is 30.9 Å². The average Bonchev–Trinajstić information content (AvgIpc) is 3.01. The Hall–Kier alpha value is -2.48. The lowest BCUT2D eigenvalue weighted by molar-refractivity contribution is 0.0950. The molecule has 0 saturated carbocycles. The van der Waals surface area contributed by atoms with Crippen molar-refractivity contribution >= 4 is 21.6 Å². The van der Waals surface area contributed by atoms with Crippen LogP contribution in [0.3, 0.4) is 0 Å². The van der Waals surface area contributed by atoms with Gasteiger partial charge in [0.2, 0.25) is 0 Å². The molecule has 8 heteroatoms. The van der Waals surface area contributed by atoms with Gasteiger partial charge in [-0.2, -0.15) is 0 Å². The van der Waals surface area contributed by atoms with E-state index in [1.807, 2.05) is 30.0 Å². The molecule has 1 aliphatic heterocycles. The first kappa shape index (κ1) is 18.3. The number of rotatable bonds is 6. The van der Waals surface area contributed by atoms with Crippen LogP contribution < -0.4 is 10.2 Å². The van der Waals surface area contributed by atoms with E-state index in [1.165, 1.54) is 0 Å². The van der Waals surface area contributed by atoms with E-state index in [1.54, 1.807) is 24.5 Å². The molecule has 26 heavy (non-hydrogen) atoms. The van der Waals surface area contributed by atoms with Crippen LogP contribution in [0.25, 0.3) is 0 Å². The number of aromatic nitrogens is 2. The van der Waals surface area contributed by atoms with Gasteiger partial charge in [0.15, 0.2) is 9.84 Å². The summed E-state index contributed by atoms with van der Waals surface area (Å²) in [6.45, 7) is 2.93. The van der Waals surface area contributed by atoms with E-state index in [9.17, 15) is 13.2 Å². The van der Waals surface area contributed by atoms with E-state index < -0.39 is 9.84 Å². The molecule has 1 N–H and O–H groups in total. The summed E-state index contributed by atoms with van der Waals surface area (Å²) in [5.74, 6) is 0.756. The molecule has 0 bridgehead atoms. The van der Waals surface area contributed by atoms with Crippen LogP contribution in [-0.2, 0) is 16.4 Å². The van der Waals surface area contributed by atoms with Crippen LogP contribution >= 0.6 is 0 Å². The summed E-state index contributed by atoms with van der Waals surface area (Å²) < 4.78 is 23.5. The number of sulfone groups is 1. The summed E-state index contributed by atoms with van der Waals surface area (Å²) in [6.07, 6.45) is 3.85. The maximum atomic E-state index is 12.4. The predicted molar refractivity (Wildman–Crippen MR) is 99.7 cm³/mol. The van der Waals surface area contributed by atoms with Crippen molar-refractivity contribution in [2.45, 2.75) is 25.9 Å². The Morgan fingerprint density at radius 3 is 2.77 bits per heavy atom. The zero-order valence-electron chi connectivity index (χ0n) is 14.6. The lowest BCUT2D eigenvalue weighted by Crippen LogP contribution is -2.37. The summed E-state index contributed by atoms with van der Waals surface area (Å²) in [6, 6.07) is 8.80. The van der Waals surface area contributed by atoms with Gasteiger partial charge >= 0.3 is 0 Å². The molecule has 0 spiro atoms. The first-order chi connectivity index (χ1) is 12.5. The van der Waals surface area contributed by atoms with Crippen molar-refractivity contribution in [2.75, 3.05) is 23.0 Å². The number of pyridine rings is 2. The fraction of sp³-hybridized carbons (Fsp3) is 0.389. The fourth-order valence-corrected chi connectivity index (χ4v) is 4.85. The Balaban J connectivity index is 1.71. The highest BCUT2D eigenvalue weighted by Gasteiger charge is 2.32. The largest absolute Gasteiger partial charge is 0.353 e. The lowest BCUT2D eigenvalue weighted by atomic mass is 10.2. The third kappa shape index (κ3) is 4.37. The number of nitrogens with one attached hydrogen (secondary N) is 1. The molecule has 138 valence electrons. The number of hydrogen-bond donors (Lipinski definition) is 1. The molecule has 7 nitrogen and oxygen atoms in total. The average molecular weight is 374 g/mol. The molecule has 1 saturated heterocycles. The highest BCUT2D eigenvalue weighted by Crippen LogP contribution is 2.23. The third-order valence-corrected chi connectivity index (χ3v) is 6.20. The number of anilines is 1. The normalized spacial score (nSPS) is 18.4. The van der Waals surface area contributed by atoms with E-state index in [4.69, 9.17) is 0 Å². The molecule has 1 aliphatic rings. The monoisotopic (exact) mass is 374 g/mol. The standard InChI is InChI=1S/C18H22N4O3S/c1-2-22(16-7-10-26(24,25)13-16)17-11-14(6-9-20-17)18(23)21-12-15-5-3-4-8-19-15/h3-6,8-9,11,16H,2,7,10,12-13H2,1H3,(H,21,23). The Bertz CT molecular complexity index is 871. The van der Waals surface area contributed by atoms with Crippen LogP contribution in [0.1, 0.15) is 29.4 Å². The third-order valence-electron chi connectivity index (χ3n) is 4.45. The molecule has 3 heterocycles. The summed E-state index contributed by atoms with van der Waals surface area (Å²) in [4.78, 5) is 22.9. The van der Waals surface area contributed by atoms with Gasteiger partial charge in [-0.05, 0) is 37.6 Å². The van der Waals surface area contributed by atoms with E-state index >= 15 is 0 Å². The van der Waals surface area contributed by atoms with Crippen LogP contribution in [-0.4, -0.2) is 48.4 Å². The second kappa shape index (κ2) is 7.82. The first-order valence-corrected chi connectivity index (χ1v) is 10.4. The Kier molecular flexibility index (Phi) is 5.51. The topological polar surface area (TPSA) is 92.3 Å². The zero-order valence-corrected chi connectivity index (χ0v) is 15.4. The van der Waals surface area contributed by atoms with Crippen LogP contribution in [0.5, 0.6) is 0 Å². The Labute approximate surface area is 153 Å². The van der Waals surface area contributed by atoms with Gasteiger partial charge in [-0.1, -0.05) is 6.07 Å². The van der Waals surface area contributed by atoms with Crippen LogP contribution in [0.4, 0.5) is 5.82 Å². The Morgan fingerprint density at radius 1 is 1.27 bits per heavy atom. The summed E-state index contributed by atoms with van der Waals surface area (Å²) in [5.41, 5.74) is 1.27. The number of amides is 1. The van der Waals surface area contributed by atoms with E-state index in [0.717, 1.165) is 5.69 Å². The van der Waals surface area contributed by atoms with E-state index in [2.05, 4.69) is 15.3 Å². The van der Waals surface area contributed by atoms with Crippen molar-refractivity contribution < 1.29 is 13.2 Å². The minimum absolute atomic E-state index is 0.0932. The lowest BCUT2D eigenvalue weighted by Gasteiger charge is -2.28. The van der Waals surface area contributed by atoms with Crippen molar-refractivity contribution in [1.82, 2.24) is 15.3 Å². The van der Waals surface area contributed by atoms with Crippen LogP contribution in [0, 0.1) is 0 Å². The molecule has 2 aromatic heterocycles. The highest BCUT2D eigenvalue weighted by atomic mass is 32.2. The van der Waals surface area contributed by atoms with Gasteiger partial charge in [-0.15, -0.1) is 0 Å². The van der Waals surface area contributed by atoms with Gasteiger partial charge in [0.1, 0.15) is 5.82 Å². The molecule has 2 aromatic rings. The molecule has 1 amide bonds. The van der Waals surface area contributed by atoms with Crippen LogP contribution in [0.2, 0.25) is 0 Å². The van der Waals surface area contributed by atoms with Gasteiger partial charge in [0.25, 0.3) is 5.91 Å². The molecule has 0 aromatic carbocycles. The molecule has 1 atom stereocenters. The summed E-state index contributed by atoms with van der Waals surface area (Å²) in [5, 5.41) is 2.84. The molecular formula is C18H22N4O3S.